The lowest BCUT2D eigenvalue weighted by atomic mass is 10.1. The molecule has 0 aromatic heterocycles. The van der Waals surface area contributed by atoms with Gasteiger partial charge in [-0.2, -0.15) is 0 Å². The molecule has 1 aromatic carbocycles. The predicted octanol–water partition coefficient (Wildman–Crippen LogP) is 2.44. The largest absolute Gasteiger partial charge is 0.486 e. The van der Waals surface area contributed by atoms with Gasteiger partial charge in [0.1, 0.15) is 29.3 Å². The standard InChI is InChI=1S/C15H19FN2O4/c1-8-12(18-14(20)22-15(2,3)4)13(19)17-10-6-5-9(16)7-11(10)21-8/h5-8,12H,1-4H3,(H,17,19)(H,18,20)/t8-,12+/m0/s1. The number of hydrogen-bond acceptors (Lipinski definition) is 4. The van der Waals surface area contributed by atoms with Crippen molar-refractivity contribution in [3.8, 4) is 5.75 Å². The predicted molar refractivity (Wildman–Crippen MR) is 78.3 cm³/mol. The highest BCUT2D eigenvalue weighted by molar-refractivity contribution is 5.98. The number of fused-ring (bicyclic) bond motifs is 1. The van der Waals surface area contributed by atoms with Crippen LogP contribution in [0.3, 0.4) is 0 Å². The number of carbonyl (C=O) groups excluding carboxylic acids is 2. The van der Waals surface area contributed by atoms with E-state index >= 15 is 0 Å². The number of hydrogen-bond donors (Lipinski definition) is 2. The molecular weight excluding hydrogens is 291 g/mol. The molecule has 1 aliphatic heterocycles. The van der Waals surface area contributed by atoms with Gasteiger partial charge in [-0.3, -0.25) is 4.79 Å². The van der Waals surface area contributed by atoms with E-state index in [9.17, 15) is 14.0 Å². The molecule has 0 radical (unpaired) electrons. The molecule has 120 valence electrons. The van der Waals surface area contributed by atoms with Crippen LogP contribution in [0.5, 0.6) is 5.75 Å². The number of benzene rings is 1. The lowest BCUT2D eigenvalue weighted by Gasteiger charge is -2.24. The number of alkyl carbamates (subject to hydrolysis) is 1. The summed E-state index contributed by atoms with van der Waals surface area (Å²) in [5.41, 5.74) is -0.326. The van der Waals surface area contributed by atoms with E-state index in [4.69, 9.17) is 9.47 Å². The Kier molecular flexibility index (Phi) is 4.25. The fourth-order valence-electron chi connectivity index (χ4n) is 2.01. The summed E-state index contributed by atoms with van der Waals surface area (Å²) >= 11 is 0. The van der Waals surface area contributed by atoms with Gasteiger partial charge >= 0.3 is 6.09 Å². The van der Waals surface area contributed by atoms with Gasteiger partial charge in [0.2, 0.25) is 0 Å². The molecule has 2 amide bonds. The van der Waals surface area contributed by atoms with Crippen LogP contribution in [0.4, 0.5) is 14.9 Å². The molecule has 22 heavy (non-hydrogen) atoms. The number of halogens is 1. The van der Waals surface area contributed by atoms with Crippen LogP contribution in [0, 0.1) is 5.82 Å². The highest BCUT2D eigenvalue weighted by Gasteiger charge is 2.33. The second-order valence-electron chi connectivity index (χ2n) is 6.08. The van der Waals surface area contributed by atoms with Crippen LogP contribution < -0.4 is 15.4 Å². The third-order valence-electron chi connectivity index (χ3n) is 2.94. The molecule has 0 bridgehead atoms. The van der Waals surface area contributed by atoms with Crippen LogP contribution in [0.25, 0.3) is 0 Å². The molecule has 1 aromatic rings. The summed E-state index contributed by atoms with van der Waals surface area (Å²) in [7, 11) is 0. The molecule has 0 saturated heterocycles. The van der Waals surface area contributed by atoms with Crippen LogP contribution in [-0.4, -0.2) is 29.7 Å². The van der Waals surface area contributed by atoms with Crippen molar-refractivity contribution in [2.45, 2.75) is 45.4 Å². The minimum Gasteiger partial charge on any atom is -0.486 e. The Morgan fingerprint density at radius 1 is 1.41 bits per heavy atom. The van der Waals surface area contributed by atoms with Crippen LogP contribution in [0.1, 0.15) is 27.7 Å². The number of rotatable bonds is 1. The van der Waals surface area contributed by atoms with E-state index in [0.29, 0.717) is 5.69 Å². The second kappa shape index (κ2) is 5.82. The first kappa shape index (κ1) is 16.1. The Labute approximate surface area is 128 Å². The smallest absolute Gasteiger partial charge is 0.408 e. The van der Waals surface area contributed by atoms with Crippen molar-refractivity contribution >= 4 is 17.7 Å². The zero-order valence-electron chi connectivity index (χ0n) is 12.9. The van der Waals surface area contributed by atoms with Crippen molar-refractivity contribution in [2.75, 3.05) is 5.32 Å². The Morgan fingerprint density at radius 2 is 2.09 bits per heavy atom. The molecular formula is C15H19FN2O4. The van der Waals surface area contributed by atoms with E-state index < -0.39 is 35.6 Å². The van der Waals surface area contributed by atoms with E-state index in [-0.39, 0.29) is 5.75 Å². The number of nitrogens with one attached hydrogen (secondary N) is 2. The van der Waals surface area contributed by atoms with E-state index in [1.54, 1.807) is 27.7 Å². The van der Waals surface area contributed by atoms with Gasteiger partial charge in [-0.15, -0.1) is 0 Å². The molecule has 2 atom stereocenters. The number of ether oxygens (including phenoxy) is 2. The van der Waals surface area contributed by atoms with Gasteiger partial charge in [0.25, 0.3) is 5.91 Å². The molecule has 0 spiro atoms. The number of carbonyl (C=O) groups is 2. The lowest BCUT2D eigenvalue weighted by Crippen LogP contribution is -2.51. The van der Waals surface area contributed by atoms with E-state index in [1.165, 1.54) is 18.2 Å². The Morgan fingerprint density at radius 3 is 2.73 bits per heavy atom. The van der Waals surface area contributed by atoms with Gasteiger partial charge in [-0.1, -0.05) is 0 Å². The molecule has 6 nitrogen and oxygen atoms in total. The number of amides is 2. The van der Waals surface area contributed by atoms with E-state index in [2.05, 4.69) is 10.6 Å². The zero-order valence-corrected chi connectivity index (χ0v) is 12.9. The first-order chi connectivity index (χ1) is 10.2. The summed E-state index contributed by atoms with van der Waals surface area (Å²) in [5, 5.41) is 5.07. The first-order valence-corrected chi connectivity index (χ1v) is 6.92. The maximum absolute atomic E-state index is 13.3. The van der Waals surface area contributed by atoms with Crippen LogP contribution >= 0.6 is 0 Å². The van der Waals surface area contributed by atoms with Gasteiger partial charge in [0.15, 0.2) is 0 Å². The maximum atomic E-state index is 13.3. The third kappa shape index (κ3) is 3.87. The average molecular weight is 310 g/mol. The van der Waals surface area contributed by atoms with Crippen molar-refractivity contribution in [1.82, 2.24) is 5.32 Å². The molecule has 1 aliphatic rings. The highest BCUT2D eigenvalue weighted by Crippen LogP contribution is 2.29. The molecule has 2 rings (SSSR count). The summed E-state index contributed by atoms with van der Waals surface area (Å²) < 4.78 is 23.9. The molecule has 0 fully saturated rings. The van der Waals surface area contributed by atoms with Crippen molar-refractivity contribution in [2.24, 2.45) is 0 Å². The van der Waals surface area contributed by atoms with Crippen LogP contribution in [0.15, 0.2) is 18.2 Å². The van der Waals surface area contributed by atoms with Gasteiger partial charge in [0.05, 0.1) is 5.69 Å². The zero-order chi connectivity index (χ0) is 16.5. The third-order valence-corrected chi connectivity index (χ3v) is 2.94. The van der Waals surface area contributed by atoms with Crippen molar-refractivity contribution < 1.29 is 23.5 Å². The van der Waals surface area contributed by atoms with Gasteiger partial charge < -0.3 is 20.1 Å². The second-order valence-corrected chi connectivity index (χ2v) is 6.08. The van der Waals surface area contributed by atoms with Crippen molar-refractivity contribution in [3.63, 3.8) is 0 Å². The summed E-state index contributed by atoms with van der Waals surface area (Å²) in [4.78, 5) is 24.0. The Bertz CT molecular complexity index is 598. The molecule has 0 unspecified atom stereocenters. The first-order valence-electron chi connectivity index (χ1n) is 6.92. The molecule has 0 saturated carbocycles. The highest BCUT2D eigenvalue weighted by atomic mass is 19.1. The summed E-state index contributed by atoms with van der Waals surface area (Å²) in [6.07, 6.45) is -1.41. The fourth-order valence-corrected chi connectivity index (χ4v) is 2.01. The average Bonchev–Trinajstić information content (AvgIpc) is 2.46. The van der Waals surface area contributed by atoms with Gasteiger partial charge in [-0.25, -0.2) is 9.18 Å². The maximum Gasteiger partial charge on any atom is 0.408 e. The Balaban J connectivity index is 2.15. The van der Waals surface area contributed by atoms with Crippen molar-refractivity contribution in [1.29, 1.82) is 0 Å². The summed E-state index contributed by atoms with van der Waals surface area (Å²) in [5.74, 6) is -0.711. The van der Waals surface area contributed by atoms with E-state index in [1.807, 2.05) is 0 Å². The minimum absolute atomic E-state index is 0.217. The fraction of sp³-hybridized carbons (Fsp3) is 0.467. The molecule has 2 N–H and O–H groups in total. The molecule has 0 aliphatic carbocycles. The van der Waals surface area contributed by atoms with Gasteiger partial charge in [0, 0.05) is 6.07 Å². The normalized spacial score (nSPS) is 21.0. The SMILES string of the molecule is C[C@@H]1Oc2cc(F)ccc2NC(=O)[C@@H]1NC(=O)OC(C)(C)C. The summed E-state index contributed by atoms with van der Waals surface area (Å²) in [6.45, 7) is 6.77. The van der Waals surface area contributed by atoms with Crippen molar-refractivity contribution in [3.05, 3.63) is 24.0 Å². The van der Waals surface area contributed by atoms with Crippen LogP contribution in [-0.2, 0) is 9.53 Å². The van der Waals surface area contributed by atoms with E-state index in [0.717, 1.165) is 0 Å². The summed E-state index contributed by atoms with van der Waals surface area (Å²) in [6, 6.07) is 2.85. The lowest BCUT2D eigenvalue weighted by molar-refractivity contribution is -0.119. The quantitative estimate of drug-likeness (QED) is 0.835. The minimum atomic E-state index is -0.953. The molecule has 1 heterocycles. The number of anilines is 1. The Hall–Kier alpha value is -2.31. The topological polar surface area (TPSA) is 76.7 Å². The van der Waals surface area contributed by atoms with Gasteiger partial charge in [-0.05, 0) is 39.8 Å². The monoisotopic (exact) mass is 310 g/mol. The molecule has 7 heteroatoms. The van der Waals surface area contributed by atoms with Crippen LogP contribution in [0.2, 0.25) is 0 Å².